The molecule has 6 unspecified atom stereocenters. The predicted molar refractivity (Wildman–Crippen MR) is 115 cm³/mol. The first-order chi connectivity index (χ1) is 16.1. The number of fused-ring (bicyclic) bond motifs is 1. The van der Waals surface area contributed by atoms with Crippen LogP contribution in [-0.4, -0.2) is 74.3 Å². The lowest BCUT2D eigenvalue weighted by molar-refractivity contribution is -0.240. The normalized spacial score (nSPS) is 26.7. The fraction of sp³-hybridized carbons (Fsp3) is 0.609. The van der Waals surface area contributed by atoms with Crippen molar-refractivity contribution < 1.29 is 47.5 Å². The number of alkyl carbamates (subject to hydrolysis) is 1. The molecule has 2 aliphatic heterocycles. The van der Waals surface area contributed by atoms with E-state index in [-0.39, 0.29) is 13.2 Å². The monoisotopic (exact) mass is 481 g/mol. The average molecular weight is 481 g/mol. The van der Waals surface area contributed by atoms with Crippen molar-refractivity contribution in [2.24, 2.45) is 0 Å². The van der Waals surface area contributed by atoms with Crippen molar-refractivity contribution in [2.75, 3.05) is 13.7 Å². The van der Waals surface area contributed by atoms with Crippen LogP contribution in [0, 0.1) is 0 Å². The molecule has 2 saturated heterocycles. The Balaban J connectivity index is 1.83. The molecule has 1 aromatic rings. The molecule has 0 bridgehead atoms. The summed E-state index contributed by atoms with van der Waals surface area (Å²) in [5.41, 5.74) is 0.755. The molecule has 1 aromatic carbocycles. The van der Waals surface area contributed by atoms with Gasteiger partial charge in [-0.05, 0) is 26.3 Å². The van der Waals surface area contributed by atoms with Gasteiger partial charge in [0.2, 0.25) is 0 Å². The maximum atomic E-state index is 12.9. The fourth-order valence-corrected chi connectivity index (χ4v) is 3.96. The summed E-state index contributed by atoms with van der Waals surface area (Å²) in [7, 11) is 1.43. The van der Waals surface area contributed by atoms with E-state index in [1.165, 1.54) is 14.0 Å². The first kappa shape index (κ1) is 25.9. The van der Waals surface area contributed by atoms with Gasteiger partial charge in [0, 0.05) is 14.0 Å². The minimum absolute atomic E-state index is 0.0258. The molecule has 188 valence electrons. The van der Waals surface area contributed by atoms with Gasteiger partial charge in [-0.3, -0.25) is 4.79 Å². The molecule has 6 atom stereocenters. The topological polar surface area (TPSA) is 128 Å². The Morgan fingerprint density at radius 3 is 2.38 bits per heavy atom. The third-order valence-electron chi connectivity index (χ3n) is 5.26. The van der Waals surface area contributed by atoms with E-state index in [4.69, 9.17) is 33.2 Å². The second kappa shape index (κ2) is 11.1. The molecule has 0 saturated carbocycles. The SMILES string of the molecule is CCOC(=O)C(NC(=O)OCc1ccccc1)C(OC(C)=O)C1OC(OC)C2OC(C)(C)OC21. The zero-order chi connectivity index (χ0) is 24.9. The number of methoxy groups -OCH3 is 1. The molecule has 0 spiro atoms. The highest BCUT2D eigenvalue weighted by molar-refractivity contribution is 5.82. The van der Waals surface area contributed by atoms with Crippen molar-refractivity contribution in [3.63, 3.8) is 0 Å². The van der Waals surface area contributed by atoms with Crippen LogP contribution in [0.1, 0.15) is 33.3 Å². The van der Waals surface area contributed by atoms with Crippen LogP contribution in [0.15, 0.2) is 30.3 Å². The molecule has 34 heavy (non-hydrogen) atoms. The predicted octanol–water partition coefficient (Wildman–Crippen LogP) is 1.67. The van der Waals surface area contributed by atoms with Gasteiger partial charge in [-0.2, -0.15) is 0 Å². The Hall–Kier alpha value is -2.73. The molecule has 2 fully saturated rings. The smallest absolute Gasteiger partial charge is 0.408 e. The van der Waals surface area contributed by atoms with Gasteiger partial charge in [0.1, 0.15) is 24.9 Å². The largest absolute Gasteiger partial charge is 0.464 e. The molecule has 0 aromatic heterocycles. The van der Waals surface area contributed by atoms with Gasteiger partial charge in [0.15, 0.2) is 24.2 Å². The second-order valence-electron chi connectivity index (χ2n) is 8.28. The van der Waals surface area contributed by atoms with Gasteiger partial charge in [-0.1, -0.05) is 30.3 Å². The lowest BCUT2D eigenvalue weighted by Crippen LogP contribution is -2.57. The quantitative estimate of drug-likeness (QED) is 0.411. The van der Waals surface area contributed by atoms with Gasteiger partial charge >= 0.3 is 18.0 Å². The average Bonchev–Trinajstić information content (AvgIpc) is 3.28. The molecule has 0 radical (unpaired) electrons. The number of esters is 2. The Kier molecular flexibility index (Phi) is 8.47. The van der Waals surface area contributed by atoms with Crippen LogP contribution in [-0.2, 0) is 49.4 Å². The number of nitrogens with one attached hydrogen (secondary N) is 1. The zero-order valence-corrected chi connectivity index (χ0v) is 19.8. The Labute approximate surface area is 197 Å². The van der Waals surface area contributed by atoms with Crippen LogP contribution in [0.5, 0.6) is 0 Å². The summed E-state index contributed by atoms with van der Waals surface area (Å²) in [5, 5.41) is 2.46. The summed E-state index contributed by atoms with van der Waals surface area (Å²) in [6.45, 7) is 6.24. The van der Waals surface area contributed by atoms with Crippen molar-refractivity contribution in [3.05, 3.63) is 35.9 Å². The van der Waals surface area contributed by atoms with Crippen molar-refractivity contribution in [3.8, 4) is 0 Å². The van der Waals surface area contributed by atoms with Gasteiger partial charge in [-0.15, -0.1) is 0 Å². The molecular weight excluding hydrogens is 450 g/mol. The van der Waals surface area contributed by atoms with E-state index in [0.29, 0.717) is 0 Å². The molecule has 2 heterocycles. The van der Waals surface area contributed by atoms with Gasteiger partial charge < -0.3 is 38.5 Å². The number of hydrogen-bond acceptors (Lipinski definition) is 10. The maximum Gasteiger partial charge on any atom is 0.408 e. The van der Waals surface area contributed by atoms with Crippen LogP contribution in [0.2, 0.25) is 0 Å². The van der Waals surface area contributed by atoms with E-state index < -0.39 is 60.6 Å². The molecule has 0 aliphatic carbocycles. The Morgan fingerprint density at radius 1 is 1.09 bits per heavy atom. The van der Waals surface area contributed by atoms with Crippen molar-refractivity contribution in [1.29, 1.82) is 0 Å². The maximum absolute atomic E-state index is 12.9. The van der Waals surface area contributed by atoms with Gasteiger partial charge in [0.05, 0.1) is 6.61 Å². The first-order valence-corrected chi connectivity index (χ1v) is 11.0. The summed E-state index contributed by atoms with van der Waals surface area (Å²) < 4.78 is 39.0. The molecule has 2 aliphatic rings. The fourth-order valence-electron chi connectivity index (χ4n) is 3.96. The van der Waals surface area contributed by atoms with E-state index in [9.17, 15) is 14.4 Å². The first-order valence-electron chi connectivity index (χ1n) is 11.0. The van der Waals surface area contributed by atoms with E-state index in [1.54, 1.807) is 45.0 Å². The van der Waals surface area contributed by atoms with Crippen LogP contribution in [0.3, 0.4) is 0 Å². The highest BCUT2D eigenvalue weighted by Gasteiger charge is 2.60. The summed E-state index contributed by atoms with van der Waals surface area (Å²) >= 11 is 0. The number of rotatable bonds is 9. The number of carbonyl (C=O) groups is 3. The highest BCUT2D eigenvalue weighted by Crippen LogP contribution is 2.41. The number of ether oxygens (including phenoxy) is 7. The van der Waals surface area contributed by atoms with Crippen molar-refractivity contribution in [1.82, 2.24) is 5.32 Å². The number of amides is 1. The van der Waals surface area contributed by atoms with Crippen LogP contribution in [0.25, 0.3) is 0 Å². The molecule has 11 heteroatoms. The van der Waals surface area contributed by atoms with Crippen LogP contribution in [0.4, 0.5) is 4.79 Å². The van der Waals surface area contributed by atoms with Crippen LogP contribution >= 0.6 is 0 Å². The molecular formula is C23H31NO10. The molecule has 1 N–H and O–H groups in total. The number of hydrogen-bond donors (Lipinski definition) is 1. The second-order valence-corrected chi connectivity index (χ2v) is 8.28. The summed E-state index contributed by atoms with van der Waals surface area (Å²) in [6, 6.07) is 7.58. The third-order valence-corrected chi connectivity index (χ3v) is 5.26. The van der Waals surface area contributed by atoms with Gasteiger partial charge in [-0.25, -0.2) is 9.59 Å². The van der Waals surface area contributed by atoms with E-state index >= 15 is 0 Å². The van der Waals surface area contributed by atoms with Crippen LogP contribution < -0.4 is 5.32 Å². The lowest BCUT2D eigenvalue weighted by Gasteiger charge is -2.32. The number of carbonyl (C=O) groups excluding carboxylic acids is 3. The molecule has 11 nitrogen and oxygen atoms in total. The molecule has 1 amide bonds. The summed E-state index contributed by atoms with van der Waals surface area (Å²) in [4.78, 5) is 37.4. The zero-order valence-electron chi connectivity index (χ0n) is 19.8. The van der Waals surface area contributed by atoms with E-state index in [2.05, 4.69) is 5.32 Å². The van der Waals surface area contributed by atoms with Gasteiger partial charge in [0.25, 0.3) is 0 Å². The minimum atomic E-state index is -1.44. The van der Waals surface area contributed by atoms with E-state index in [1.807, 2.05) is 6.07 Å². The lowest BCUT2D eigenvalue weighted by atomic mass is 9.99. The number of benzene rings is 1. The van der Waals surface area contributed by atoms with Crippen molar-refractivity contribution >= 4 is 18.0 Å². The third kappa shape index (κ3) is 6.23. The summed E-state index contributed by atoms with van der Waals surface area (Å²) in [5.74, 6) is -2.49. The highest BCUT2D eigenvalue weighted by atomic mass is 16.8. The summed E-state index contributed by atoms with van der Waals surface area (Å²) in [6.07, 6.45) is -5.46. The standard InChI is InChI=1S/C23H31NO10/c1-6-29-20(26)15(24-22(27)30-12-14-10-8-7-9-11-14)16(31-13(2)25)17-18-19(21(28-5)32-17)34-23(3,4)33-18/h7-11,15-19,21H,6,12H2,1-5H3,(H,24,27). The van der Waals surface area contributed by atoms with Crippen molar-refractivity contribution in [2.45, 2.75) is 76.8 Å². The Morgan fingerprint density at radius 2 is 1.76 bits per heavy atom. The molecule has 3 rings (SSSR count). The minimum Gasteiger partial charge on any atom is -0.464 e. The van der Waals surface area contributed by atoms with E-state index in [0.717, 1.165) is 5.56 Å². The Bertz CT molecular complexity index is 861.